The molecule has 2 atom stereocenters. The van der Waals surface area contributed by atoms with Crippen LogP contribution in [-0.2, 0) is 4.79 Å². The van der Waals surface area contributed by atoms with Crippen LogP contribution in [0.1, 0.15) is 19.8 Å². The number of carbonyl (C=O) groups excluding carboxylic acids is 1. The molecule has 0 radical (unpaired) electrons. The second kappa shape index (κ2) is 4.84. The summed E-state index contributed by atoms with van der Waals surface area (Å²) in [6, 6.07) is 3.72. The van der Waals surface area contributed by atoms with E-state index in [-0.39, 0.29) is 11.8 Å². The Balaban J connectivity index is 1.77. The molecular formula is C14H16N4O. The molecule has 0 unspecified atom stereocenters. The lowest BCUT2D eigenvalue weighted by Gasteiger charge is -2.23. The number of imidazole rings is 1. The summed E-state index contributed by atoms with van der Waals surface area (Å²) in [5.74, 6) is 0.884. The number of carbonyl (C=O) groups is 1. The average molecular weight is 256 g/mol. The van der Waals surface area contributed by atoms with Gasteiger partial charge in [-0.05, 0) is 30.9 Å². The zero-order valence-electron chi connectivity index (χ0n) is 10.8. The highest BCUT2D eigenvalue weighted by Gasteiger charge is 2.26. The molecule has 0 aliphatic heterocycles. The summed E-state index contributed by atoms with van der Waals surface area (Å²) >= 11 is 0. The maximum absolute atomic E-state index is 12.2. The SMILES string of the molecule is C[C@@H]1CC=CC[C@H]1C(=O)Nc1nc2ncccc2[nH]1. The van der Waals surface area contributed by atoms with E-state index in [9.17, 15) is 4.79 Å². The van der Waals surface area contributed by atoms with Crippen molar-refractivity contribution in [2.24, 2.45) is 11.8 Å². The van der Waals surface area contributed by atoms with E-state index in [1.54, 1.807) is 6.20 Å². The maximum Gasteiger partial charge on any atom is 0.230 e. The highest BCUT2D eigenvalue weighted by atomic mass is 16.2. The van der Waals surface area contributed by atoms with Crippen molar-refractivity contribution < 1.29 is 4.79 Å². The van der Waals surface area contributed by atoms with Gasteiger partial charge < -0.3 is 4.98 Å². The Morgan fingerprint density at radius 3 is 3.05 bits per heavy atom. The van der Waals surface area contributed by atoms with Crippen LogP contribution in [0.25, 0.3) is 11.2 Å². The standard InChI is InChI=1S/C14H16N4O/c1-9-5-2-3-6-10(9)13(19)18-14-16-11-7-4-8-15-12(11)17-14/h2-4,7-10H,5-6H2,1H3,(H2,15,16,17,18,19)/t9-,10-/m1/s1. The van der Waals surface area contributed by atoms with Gasteiger partial charge in [-0.3, -0.25) is 10.1 Å². The molecule has 0 aromatic carbocycles. The molecule has 3 rings (SSSR count). The number of allylic oxidation sites excluding steroid dienone is 2. The number of hydrogen-bond donors (Lipinski definition) is 2. The van der Waals surface area contributed by atoms with Gasteiger partial charge in [0, 0.05) is 12.1 Å². The molecule has 2 heterocycles. The van der Waals surface area contributed by atoms with Crippen molar-refractivity contribution in [3.8, 4) is 0 Å². The average Bonchev–Trinajstić information content (AvgIpc) is 2.81. The predicted molar refractivity (Wildman–Crippen MR) is 73.5 cm³/mol. The second-order valence-electron chi connectivity index (χ2n) is 4.98. The monoisotopic (exact) mass is 256 g/mol. The van der Waals surface area contributed by atoms with E-state index in [0.717, 1.165) is 18.4 Å². The van der Waals surface area contributed by atoms with Gasteiger partial charge in [0.1, 0.15) is 0 Å². The topological polar surface area (TPSA) is 70.7 Å². The lowest BCUT2D eigenvalue weighted by atomic mass is 9.84. The normalized spacial score (nSPS) is 22.6. The molecule has 0 saturated heterocycles. The fraction of sp³-hybridized carbons (Fsp3) is 0.357. The first-order valence-corrected chi connectivity index (χ1v) is 6.50. The second-order valence-corrected chi connectivity index (χ2v) is 4.98. The Kier molecular flexibility index (Phi) is 3.03. The van der Waals surface area contributed by atoms with Crippen molar-refractivity contribution in [3.63, 3.8) is 0 Å². The van der Waals surface area contributed by atoms with Crippen LogP contribution in [0.2, 0.25) is 0 Å². The Morgan fingerprint density at radius 2 is 2.26 bits per heavy atom. The predicted octanol–water partition coefficient (Wildman–Crippen LogP) is 2.50. The summed E-state index contributed by atoms with van der Waals surface area (Å²) in [5, 5.41) is 2.85. The van der Waals surface area contributed by atoms with Gasteiger partial charge in [-0.25, -0.2) is 4.98 Å². The van der Waals surface area contributed by atoms with Crippen molar-refractivity contribution in [2.45, 2.75) is 19.8 Å². The van der Waals surface area contributed by atoms with Crippen LogP contribution in [0, 0.1) is 11.8 Å². The molecule has 98 valence electrons. The zero-order valence-corrected chi connectivity index (χ0v) is 10.8. The van der Waals surface area contributed by atoms with Crippen molar-refractivity contribution in [1.29, 1.82) is 0 Å². The Morgan fingerprint density at radius 1 is 1.42 bits per heavy atom. The lowest BCUT2D eigenvalue weighted by Crippen LogP contribution is -2.29. The molecule has 5 heteroatoms. The van der Waals surface area contributed by atoms with Crippen LogP contribution in [0.5, 0.6) is 0 Å². The number of aromatic nitrogens is 3. The summed E-state index contributed by atoms with van der Waals surface area (Å²) in [7, 11) is 0. The molecular weight excluding hydrogens is 240 g/mol. The molecule has 0 saturated carbocycles. The molecule has 0 spiro atoms. The van der Waals surface area contributed by atoms with Gasteiger partial charge in [0.2, 0.25) is 11.9 Å². The molecule has 19 heavy (non-hydrogen) atoms. The van der Waals surface area contributed by atoms with Gasteiger partial charge in [0.05, 0.1) is 5.52 Å². The molecule has 2 N–H and O–H groups in total. The van der Waals surface area contributed by atoms with Crippen LogP contribution in [0.15, 0.2) is 30.5 Å². The number of anilines is 1. The van der Waals surface area contributed by atoms with E-state index >= 15 is 0 Å². The summed E-state index contributed by atoms with van der Waals surface area (Å²) < 4.78 is 0. The van der Waals surface area contributed by atoms with Crippen LogP contribution >= 0.6 is 0 Å². The van der Waals surface area contributed by atoms with E-state index in [4.69, 9.17) is 0 Å². The molecule has 1 aliphatic rings. The van der Waals surface area contributed by atoms with Crippen molar-refractivity contribution in [3.05, 3.63) is 30.5 Å². The first-order valence-electron chi connectivity index (χ1n) is 6.50. The molecule has 1 aliphatic carbocycles. The molecule has 0 fully saturated rings. The van der Waals surface area contributed by atoms with Crippen LogP contribution in [0.4, 0.5) is 5.95 Å². The third-order valence-electron chi connectivity index (χ3n) is 3.59. The Bertz CT molecular complexity index is 598. The van der Waals surface area contributed by atoms with Crippen LogP contribution < -0.4 is 5.32 Å². The van der Waals surface area contributed by atoms with E-state index in [0.29, 0.717) is 17.5 Å². The molecule has 2 aromatic heterocycles. The van der Waals surface area contributed by atoms with E-state index < -0.39 is 0 Å². The number of aromatic amines is 1. The van der Waals surface area contributed by atoms with Gasteiger partial charge in [-0.15, -0.1) is 0 Å². The number of nitrogens with zero attached hydrogens (tertiary/aromatic N) is 2. The molecule has 2 aromatic rings. The molecule has 5 nitrogen and oxygen atoms in total. The maximum atomic E-state index is 12.2. The van der Waals surface area contributed by atoms with Gasteiger partial charge >= 0.3 is 0 Å². The molecule has 1 amide bonds. The quantitative estimate of drug-likeness (QED) is 0.811. The fourth-order valence-electron chi connectivity index (χ4n) is 2.43. The van der Waals surface area contributed by atoms with E-state index in [2.05, 4.69) is 39.3 Å². The van der Waals surface area contributed by atoms with Crippen molar-refractivity contribution in [2.75, 3.05) is 5.32 Å². The van der Waals surface area contributed by atoms with E-state index in [1.165, 1.54) is 0 Å². The van der Waals surface area contributed by atoms with Gasteiger partial charge in [0.25, 0.3) is 0 Å². The summed E-state index contributed by atoms with van der Waals surface area (Å²) in [5.41, 5.74) is 1.45. The number of amides is 1. The summed E-state index contributed by atoms with van der Waals surface area (Å²) in [4.78, 5) is 23.7. The fourth-order valence-corrected chi connectivity index (χ4v) is 2.43. The van der Waals surface area contributed by atoms with Gasteiger partial charge in [-0.2, -0.15) is 4.98 Å². The van der Waals surface area contributed by atoms with Gasteiger partial charge in [0.15, 0.2) is 5.65 Å². The third kappa shape index (κ3) is 2.36. The number of hydrogen-bond acceptors (Lipinski definition) is 3. The lowest BCUT2D eigenvalue weighted by molar-refractivity contribution is -0.121. The number of H-pyrrole nitrogens is 1. The van der Waals surface area contributed by atoms with Gasteiger partial charge in [-0.1, -0.05) is 19.1 Å². The third-order valence-corrected chi connectivity index (χ3v) is 3.59. The number of rotatable bonds is 2. The highest BCUT2D eigenvalue weighted by molar-refractivity contribution is 5.92. The highest BCUT2D eigenvalue weighted by Crippen LogP contribution is 2.26. The summed E-state index contributed by atoms with van der Waals surface area (Å²) in [6.07, 6.45) is 7.65. The van der Waals surface area contributed by atoms with Crippen LogP contribution in [-0.4, -0.2) is 20.9 Å². The Labute approximate surface area is 111 Å². The van der Waals surface area contributed by atoms with Crippen LogP contribution in [0.3, 0.4) is 0 Å². The smallest absolute Gasteiger partial charge is 0.230 e. The minimum Gasteiger partial charge on any atom is -0.322 e. The van der Waals surface area contributed by atoms with Crippen molar-refractivity contribution in [1.82, 2.24) is 15.0 Å². The summed E-state index contributed by atoms with van der Waals surface area (Å²) in [6.45, 7) is 2.11. The largest absolute Gasteiger partial charge is 0.322 e. The number of pyridine rings is 1. The Hall–Kier alpha value is -2.17. The first kappa shape index (κ1) is 11.9. The minimum absolute atomic E-state index is 0.0196. The number of fused-ring (bicyclic) bond motifs is 1. The minimum atomic E-state index is 0.0196. The molecule has 0 bridgehead atoms. The van der Waals surface area contributed by atoms with Crippen molar-refractivity contribution >= 4 is 23.0 Å². The number of nitrogens with one attached hydrogen (secondary N) is 2. The zero-order chi connectivity index (χ0) is 13.2. The van der Waals surface area contributed by atoms with E-state index in [1.807, 2.05) is 12.1 Å². The first-order chi connectivity index (χ1) is 9.24.